The van der Waals surface area contributed by atoms with Gasteiger partial charge in [0.25, 0.3) is 0 Å². The molecule has 0 spiro atoms. The van der Waals surface area contributed by atoms with Gasteiger partial charge in [-0.25, -0.2) is 0 Å². The Bertz CT molecular complexity index is 118. The van der Waals surface area contributed by atoms with Gasteiger partial charge in [-0.15, -0.1) is 0 Å². The highest BCUT2D eigenvalue weighted by Gasteiger charge is 2.05. The van der Waals surface area contributed by atoms with E-state index in [0.717, 1.165) is 13.1 Å². The van der Waals surface area contributed by atoms with Gasteiger partial charge >= 0.3 is 0 Å². The summed E-state index contributed by atoms with van der Waals surface area (Å²) in [7, 11) is 6.10. The van der Waals surface area contributed by atoms with Crippen molar-refractivity contribution in [1.29, 1.82) is 0 Å². The topological polar surface area (TPSA) is 41.3 Å². The van der Waals surface area contributed by atoms with E-state index >= 15 is 0 Å². The van der Waals surface area contributed by atoms with E-state index in [1.54, 1.807) is 0 Å². The van der Waals surface area contributed by atoms with Crippen LogP contribution in [0.4, 0.5) is 0 Å². The molecule has 0 radical (unpaired) electrons. The summed E-state index contributed by atoms with van der Waals surface area (Å²) in [6.07, 6.45) is 8.07. The molecular weight excluding hydrogens is 186 g/mol. The second-order valence-corrected chi connectivity index (χ2v) is 4.66. The predicted octanol–water partition coefficient (Wildman–Crippen LogP) is 1.44. The minimum absolute atomic E-state index is 0.525. The van der Waals surface area contributed by atoms with Gasteiger partial charge in [-0.3, -0.25) is 0 Å². The molecule has 0 aromatic rings. The first-order chi connectivity index (χ1) is 7.16. The van der Waals surface area contributed by atoms with Crippen molar-refractivity contribution >= 4 is 0 Å². The Kier molecular flexibility index (Phi) is 10.3. The molecule has 3 nitrogen and oxygen atoms in total. The molecule has 92 valence electrons. The SMILES string of the molecule is CNCCN(C)C.NC1CCCCCC1. The summed E-state index contributed by atoms with van der Waals surface area (Å²) in [4.78, 5) is 2.15. The number of hydrogen-bond donors (Lipinski definition) is 2. The molecule has 1 saturated carbocycles. The highest BCUT2D eigenvalue weighted by atomic mass is 15.1. The van der Waals surface area contributed by atoms with Crippen LogP contribution < -0.4 is 11.1 Å². The second kappa shape index (κ2) is 10.4. The quantitative estimate of drug-likeness (QED) is 0.700. The van der Waals surface area contributed by atoms with Crippen LogP contribution in [0.1, 0.15) is 38.5 Å². The van der Waals surface area contributed by atoms with Crippen molar-refractivity contribution < 1.29 is 0 Å². The lowest BCUT2D eigenvalue weighted by molar-refractivity contribution is 0.407. The van der Waals surface area contributed by atoms with Gasteiger partial charge in [0.1, 0.15) is 0 Å². The Balaban J connectivity index is 0.000000265. The molecule has 0 saturated heterocycles. The van der Waals surface area contributed by atoms with E-state index < -0.39 is 0 Å². The lowest BCUT2D eigenvalue weighted by Crippen LogP contribution is -2.23. The molecule has 0 heterocycles. The predicted molar refractivity (Wildman–Crippen MR) is 68.2 cm³/mol. The van der Waals surface area contributed by atoms with Gasteiger partial charge in [0.05, 0.1) is 0 Å². The molecule has 0 aliphatic heterocycles. The van der Waals surface area contributed by atoms with Crippen molar-refractivity contribution in [1.82, 2.24) is 10.2 Å². The Labute approximate surface area is 95.4 Å². The lowest BCUT2D eigenvalue weighted by atomic mass is 10.1. The van der Waals surface area contributed by atoms with Crippen LogP contribution in [0.3, 0.4) is 0 Å². The van der Waals surface area contributed by atoms with E-state index in [0.29, 0.717) is 6.04 Å². The number of nitrogens with one attached hydrogen (secondary N) is 1. The second-order valence-electron chi connectivity index (χ2n) is 4.66. The van der Waals surface area contributed by atoms with Crippen LogP contribution in [0.25, 0.3) is 0 Å². The van der Waals surface area contributed by atoms with Crippen molar-refractivity contribution in [3.63, 3.8) is 0 Å². The summed E-state index contributed by atoms with van der Waals surface area (Å²) in [5.74, 6) is 0. The molecular formula is C12H29N3. The Morgan fingerprint density at radius 2 is 1.67 bits per heavy atom. The molecule has 1 rings (SSSR count). The van der Waals surface area contributed by atoms with Crippen molar-refractivity contribution in [2.45, 2.75) is 44.6 Å². The van der Waals surface area contributed by atoms with Gasteiger partial charge in [-0.05, 0) is 34.0 Å². The van der Waals surface area contributed by atoms with Gasteiger partial charge < -0.3 is 16.0 Å². The summed E-state index contributed by atoms with van der Waals surface area (Å²) in [5, 5.41) is 3.06. The van der Waals surface area contributed by atoms with E-state index in [1.165, 1.54) is 38.5 Å². The first-order valence-corrected chi connectivity index (χ1v) is 6.21. The minimum Gasteiger partial charge on any atom is -0.328 e. The fourth-order valence-corrected chi connectivity index (χ4v) is 1.65. The Hall–Kier alpha value is -0.120. The summed E-state index contributed by atoms with van der Waals surface area (Å²) >= 11 is 0. The average Bonchev–Trinajstić information content (AvgIpc) is 2.43. The van der Waals surface area contributed by atoms with Crippen molar-refractivity contribution in [3.05, 3.63) is 0 Å². The van der Waals surface area contributed by atoms with Crippen molar-refractivity contribution in [3.8, 4) is 0 Å². The molecule has 0 unspecified atom stereocenters. The number of hydrogen-bond acceptors (Lipinski definition) is 3. The first-order valence-electron chi connectivity index (χ1n) is 6.21. The molecule has 0 bridgehead atoms. The molecule has 1 aliphatic carbocycles. The number of rotatable bonds is 3. The molecule has 3 heteroatoms. The normalized spacial score (nSPS) is 18.2. The maximum atomic E-state index is 5.73. The summed E-state index contributed by atoms with van der Waals surface area (Å²) < 4.78 is 0. The van der Waals surface area contributed by atoms with E-state index in [9.17, 15) is 0 Å². The molecule has 0 atom stereocenters. The van der Waals surface area contributed by atoms with Crippen LogP contribution in [-0.4, -0.2) is 45.2 Å². The largest absolute Gasteiger partial charge is 0.328 e. The van der Waals surface area contributed by atoms with Crippen LogP contribution in [0.2, 0.25) is 0 Å². The standard InChI is InChI=1S/C7H15N.C5H14N2/c8-7-5-3-1-2-4-6-7;1-6-4-5-7(2)3/h7H,1-6,8H2;6H,4-5H2,1-3H3. The number of nitrogens with zero attached hydrogens (tertiary/aromatic N) is 1. The van der Waals surface area contributed by atoms with E-state index in [1.807, 2.05) is 7.05 Å². The fourth-order valence-electron chi connectivity index (χ4n) is 1.65. The molecule has 0 aromatic heterocycles. The van der Waals surface area contributed by atoms with Crippen molar-refractivity contribution in [2.24, 2.45) is 5.73 Å². The highest BCUT2D eigenvalue weighted by molar-refractivity contribution is 4.65. The zero-order chi connectivity index (χ0) is 11.5. The van der Waals surface area contributed by atoms with Gasteiger partial charge in [-0.2, -0.15) is 0 Å². The smallest absolute Gasteiger partial charge is 0.0101 e. The number of likely N-dealkylation sites (N-methyl/N-ethyl adjacent to an activating group) is 2. The molecule has 1 aliphatic rings. The first kappa shape index (κ1) is 14.9. The molecule has 0 aromatic carbocycles. The Morgan fingerprint density at radius 3 is 2.00 bits per heavy atom. The third-order valence-corrected chi connectivity index (χ3v) is 2.71. The zero-order valence-electron chi connectivity index (χ0n) is 10.8. The Morgan fingerprint density at radius 1 is 1.13 bits per heavy atom. The molecule has 1 fully saturated rings. The maximum Gasteiger partial charge on any atom is 0.0101 e. The van der Waals surface area contributed by atoms with Gasteiger partial charge in [0.15, 0.2) is 0 Å². The van der Waals surface area contributed by atoms with Crippen LogP contribution in [-0.2, 0) is 0 Å². The molecule has 3 N–H and O–H groups in total. The average molecular weight is 215 g/mol. The van der Waals surface area contributed by atoms with E-state index in [-0.39, 0.29) is 0 Å². The van der Waals surface area contributed by atoms with Crippen LogP contribution >= 0.6 is 0 Å². The third kappa shape index (κ3) is 11.8. The summed E-state index contributed by atoms with van der Waals surface area (Å²) in [5.41, 5.74) is 5.73. The molecule has 15 heavy (non-hydrogen) atoms. The van der Waals surface area contributed by atoms with Crippen molar-refractivity contribution in [2.75, 3.05) is 34.2 Å². The van der Waals surface area contributed by atoms with Gasteiger partial charge in [-0.1, -0.05) is 25.7 Å². The fraction of sp³-hybridized carbons (Fsp3) is 1.00. The van der Waals surface area contributed by atoms with Gasteiger partial charge in [0.2, 0.25) is 0 Å². The van der Waals surface area contributed by atoms with Crippen LogP contribution in [0.15, 0.2) is 0 Å². The van der Waals surface area contributed by atoms with E-state index in [2.05, 4.69) is 24.3 Å². The summed E-state index contributed by atoms with van der Waals surface area (Å²) in [6, 6.07) is 0.525. The minimum atomic E-state index is 0.525. The zero-order valence-corrected chi connectivity index (χ0v) is 10.8. The molecule has 0 amide bonds. The van der Waals surface area contributed by atoms with E-state index in [4.69, 9.17) is 5.73 Å². The van der Waals surface area contributed by atoms with Gasteiger partial charge in [0, 0.05) is 19.1 Å². The maximum absolute atomic E-state index is 5.73. The summed E-state index contributed by atoms with van der Waals surface area (Å²) in [6.45, 7) is 2.20. The third-order valence-electron chi connectivity index (χ3n) is 2.71. The monoisotopic (exact) mass is 215 g/mol. The number of nitrogens with two attached hydrogens (primary N) is 1. The highest BCUT2D eigenvalue weighted by Crippen LogP contribution is 2.14. The lowest BCUT2D eigenvalue weighted by Gasteiger charge is -2.06. The van der Waals surface area contributed by atoms with Crippen LogP contribution in [0, 0.1) is 0 Å². The van der Waals surface area contributed by atoms with Crippen LogP contribution in [0.5, 0.6) is 0 Å².